The molecule has 3 heterocycles. The third kappa shape index (κ3) is 3.46. The van der Waals surface area contributed by atoms with Crippen LogP contribution in [0.4, 0.5) is 5.13 Å². The number of nitrogens with one attached hydrogen (secondary N) is 1. The summed E-state index contributed by atoms with van der Waals surface area (Å²) >= 11 is 1.34. The van der Waals surface area contributed by atoms with Crippen molar-refractivity contribution in [2.24, 2.45) is 0 Å². The van der Waals surface area contributed by atoms with Crippen molar-refractivity contribution < 1.29 is 17.6 Å². The molecule has 2 aromatic rings. The van der Waals surface area contributed by atoms with Crippen LogP contribution in [0.25, 0.3) is 0 Å². The van der Waals surface area contributed by atoms with Crippen LogP contribution < -0.4 is 5.32 Å². The molecule has 1 amide bonds. The number of piperidine rings is 1. The molecule has 4 rings (SSSR count). The van der Waals surface area contributed by atoms with E-state index in [1.165, 1.54) is 27.8 Å². The Balaban J connectivity index is 1.46. The molecule has 25 heavy (non-hydrogen) atoms. The van der Waals surface area contributed by atoms with Crippen LogP contribution in [0.15, 0.2) is 21.6 Å². The Kier molecular flexibility index (Phi) is 4.34. The van der Waals surface area contributed by atoms with Crippen LogP contribution in [0.1, 0.15) is 53.6 Å². The molecule has 1 saturated carbocycles. The Labute approximate surface area is 149 Å². The smallest absolute Gasteiger partial charge is 0.293 e. The topological polar surface area (TPSA) is 105 Å². The molecular weight excluding hydrogens is 364 g/mol. The minimum Gasteiger partial charge on any atom is -0.438 e. The Morgan fingerprint density at radius 3 is 2.68 bits per heavy atom. The van der Waals surface area contributed by atoms with Gasteiger partial charge in [0, 0.05) is 19.0 Å². The third-order valence-corrected chi connectivity index (χ3v) is 7.08. The lowest BCUT2D eigenvalue weighted by molar-refractivity contribution is 0.0991. The van der Waals surface area contributed by atoms with Gasteiger partial charge in [-0.25, -0.2) is 8.42 Å². The standard InChI is InChI=1S/C15H18N4O4S2/c20-13(16-15-18-17-14(24-15)10-4-5-10)11-6-7-12(23-11)25(21,22)19-8-2-1-3-9-19/h6-7,10H,1-5,8-9H2,(H,16,18,20). The number of hydrogen-bond acceptors (Lipinski definition) is 7. The van der Waals surface area contributed by atoms with Crippen molar-refractivity contribution in [3.8, 4) is 0 Å². The fraction of sp³-hybridized carbons (Fsp3) is 0.533. The van der Waals surface area contributed by atoms with Crippen LogP contribution in [0.5, 0.6) is 0 Å². The van der Waals surface area contributed by atoms with Gasteiger partial charge in [-0.2, -0.15) is 4.31 Å². The average molecular weight is 382 g/mol. The van der Waals surface area contributed by atoms with Gasteiger partial charge in [0.1, 0.15) is 5.01 Å². The fourth-order valence-corrected chi connectivity index (χ4v) is 5.09. The van der Waals surface area contributed by atoms with Crippen LogP contribution >= 0.6 is 11.3 Å². The highest BCUT2D eigenvalue weighted by Gasteiger charge is 2.30. The van der Waals surface area contributed by atoms with Gasteiger partial charge in [0.05, 0.1) is 0 Å². The van der Waals surface area contributed by atoms with Crippen molar-refractivity contribution in [3.63, 3.8) is 0 Å². The zero-order valence-corrected chi connectivity index (χ0v) is 15.1. The maximum absolute atomic E-state index is 12.5. The number of carbonyl (C=O) groups excluding carboxylic acids is 1. The average Bonchev–Trinajstić information content (AvgIpc) is 3.15. The van der Waals surface area contributed by atoms with E-state index in [2.05, 4.69) is 15.5 Å². The van der Waals surface area contributed by atoms with E-state index >= 15 is 0 Å². The third-order valence-electron chi connectivity index (χ3n) is 4.30. The van der Waals surface area contributed by atoms with E-state index in [4.69, 9.17) is 4.42 Å². The van der Waals surface area contributed by atoms with Gasteiger partial charge in [0.25, 0.3) is 15.9 Å². The lowest BCUT2D eigenvalue weighted by atomic mass is 10.2. The molecule has 0 spiro atoms. The molecule has 10 heteroatoms. The van der Waals surface area contributed by atoms with E-state index in [0.29, 0.717) is 24.1 Å². The molecule has 2 aliphatic rings. The SMILES string of the molecule is O=C(Nc1nnc(C2CC2)s1)c1ccc(S(=O)(=O)N2CCCCC2)o1. The molecule has 0 unspecified atom stereocenters. The maximum atomic E-state index is 12.5. The molecular formula is C15H18N4O4S2. The van der Waals surface area contributed by atoms with E-state index in [-0.39, 0.29) is 10.9 Å². The van der Waals surface area contributed by atoms with E-state index in [1.807, 2.05) is 0 Å². The van der Waals surface area contributed by atoms with Crippen LogP contribution in [-0.2, 0) is 10.0 Å². The molecule has 0 atom stereocenters. The van der Waals surface area contributed by atoms with Gasteiger partial charge < -0.3 is 4.42 Å². The molecule has 2 aromatic heterocycles. The zero-order chi connectivity index (χ0) is 17.4. The van der Waals surface area contributed by atoms with Crippen molar-refractivity contribution in [3.05, 3.63) is 22.9 Å². The predicted octanol–water partition coefficient (Wildman–Crippen LogP) is 2.44. The molecule has 1 N–H and O–H groups in total. The lowest BCUT2D eigenvalue weighted by Gasteiger charge is -2.24. The summed E-state index contributed by atoms with van der Waals surface area (Å²) in [6.45, 7) is 0.971. The summed E-state index contributed by atoms with van der Waals surface area (Å²) in [4.78, 5) is 12.3. The first-order valence-electron chi connectivity index (χ1n) is 8.29. The highest BCUT2D eigenvalue weighted by Crippen LogP contribution is 2.42. The number of sulfonamides is 1. The van der Waals surface area contributed by atoms with Crippen molar-refractivity contribution in [2.75, 3.05) is 18.4 Å². The Bertz CT molecular complexity index is 879. The minimum absolute atomic E-state index is 0.0567. The highest BCUT2D eigenvalue weighted by atomic mass is 32.2. The molecule has 134 valence electrons. The summed E-state index contributed by atoms with van der Waals surface area (Å²) < 4.78 is 31.8. The van der Waals surface area contributed by atoms with E-state index in [9.17, 15) is 13.2 Å². The van der Waals surface area contributed by atoms with Crippen molar-refractivity contribution >= 4 is 32.4 Å². The highest BCUT2D eigenvalue weighted by molar-refractivity contribution is 7.89. The molecule has 0 bridgehead atoms. The Morgan fingerprint density at radius 2 is 1.96 bits per heavy atom. The monoisotopic (exact) mass is 382 g/mol. The lowest BCUT2D eigenvalue weighted by Crippen LogP contribution is -2.35. The van der Waals surface area contributed by atoms with Gasteiger partial charge in [-0.1, -0.05) is 17.8 Å². The van der Waals surface area contributed by atoms with Crippen LogP contribution in [0, 0.1) is 0 Å². The maximum Gasteiger partial charge on any atom is 0.293 e. The molecule has 8 nitrogen and oxygen atoms in total. The van der Waals surface area contributed by atoms with Crippen molar-refractivity contribution in [2.45, 2.75) is 43.1 Å². The summed E-state index contributed by atoms with van der Waals surface area (Å²) in [6, 6.07) is 2.70. The largest absolute Gasteiger partial charge is 0.438 e. The van der Waals surface area contributed by atoms with Gasteiger partial charge >= 0.3 is 0 Å². The zero-order valence-electron chi connectivity index (χ0n) is 13.5. The second-order valence-electron chi connectivity index (χ2n) is 6.26. The van der Waals surface area contributed by atoms with Gasteiger partial charge in [-0.15, -0.1) is 10.2 Å². The van der Waals surface area contributed by atoms with Gasteiger partial charge in [0.15, 0.2) is 5.76 Å². The molecule has 1 saturated heterocycles. The number of nitrogens with zero attached hydrogens (tertiary/aromatic N) is 3. The van der Waals surface area contributed by atoms with E-state index in [1.54, 1.807) is 0 Å². The normalized spacial score (nSPS) is 19.0. The predicted molar refractivity (Wildman–Crippen MR) is 91.2 cm³/mol. The molecule has 1 aliphatic heterocycles. The number of furan rings is 1. The molecule has 2 fully saturated rings. The quantitative estimate of drug-likeness (QED) is 0.851. The van der Waals surface area contributed by atoms with E-state index < -0.39 is 15.9 Å². The molecule has 0 radical (unpaired) electrons. The fourth-order valence-electron chi connectivity index (χ4n) is 2.75. The summed E-state index contributed by atoms with van der Waals surface area (Å²) in [5.41, 5.74) is 0. The summed E-state index contributed by atoms with van der Waals surface area (Å²) in [6.07, 6.45) is 4.93. The first-order valence-corrected chi connectivity index (χ1v) is 10.5. The molecule has 1 aliphatic carbocycles. The summed E-state index contributed by atoms with van der Waals surface area (Å²) in [5.74, 6) is -0.120. The number of hydrogen-bond donors (Lipinski definition) is 1. The van der Waals surface area contributed by atoms with Crippen molar-refractivity contribution in [1.29, 1.82) is 0 Å². The number of aromatic nitrogens is 2. The van der Waals surface area contributed by atoms with Crippen LogP contribution in [0.2, 0.25) is 0 Å². The number of amides is 1. The molecule has 0 aromatic carbocycles. The van der Waals surface area contributed by atoms with E-state index in [0.717, 1.165) is 37.1 Å². The Hall–Kier alpha value is -1.78. The second-order valence-corrected chi connectivity index (χ2v) is 9.14. The van der Waals surface area contributed by atoms with Crippen LogP contribution in [-0.4, -0.2) is 41.9 Å². The number of rotatable bonds is 5. The minimum atomic E-state index is -3.69. The summed E-state index contributed by atoms with van der Waals surface area (Å²) in [5, 5.41) is 11.7. The number of carbonyl (C=O) groups is 1. The number of anilines is 1. The van der Waals surface area contributed by atoms with Crippen LogP contribution in [0.3, 0.4) is 0 Å². The first kappa shape index (κ1) is 16.7. The van der Waals surface area contributed by atoms with Gasteiger partial charge in [-0.05, 0) is 37.8 Å². The Morgan fingerprint density at radius 1 is 1.20 bits per heavy atom. The van der Waals surface area contributed by atoms with Crippen molar-refractivity contribution in [1.82, 2.24) is 14.5 Å². The first-order chi connectivity index (χ1) is 12.0. The van der Waals surface area contributed by atoms with Gasteiger partial charge in [-0.3, -0.25) is 10.1 Å². The van der Waals surface area contributed by atoms with Gasteiger partial charge in [0.2, 0.25) is 10.2 Å². The second kappa shape index (κ2) is 6.50. The summed E-state index contributed by atoms with van der Waals surface area (Å²) in [7, 11) is -3.69.